The summed E-state index contributed by atoms with van der Waals surface area (Å²) in [5.74, 6) is 0.584. The maximum Gasteiger partial charge on any atom is 0.196 e. The SMILES string of the molecule is CCC1CC2(CCO1)CN=C(N)N2c1ccc(Cl)c(Br)c1. The third-order valence-electron chi connectivity index (χ3n) is 4.38. The third kappa shape index (κ3) is 2.67. The molecule has 0 aromatic heterocycles. The standard InChI is InChI=1S/C15H19BrClN3O/c1-2-11-8-15(5-6-21-11)9-19-14(18)20(15)10-3-4-13(17)12(16)7-10/h3-4,7,11H,2,5-6,8-9H2,1H3,(H2,18,19). The number of halogens is 2. The molecular weight excluding hydrogens is 354 g/mol. The number of nitrogens with two attached hydrogens (primary N) is 1. The van der Waals surface area contributed by atoms with Crippen LogP contribution in [-0.2, 0) is 4.74 Å². The van der Waals surface area contributed by atoms with Crippen LogP contribution in [-0.4, -0.2) is 30.8 Å². The molecule has 1 saturated heterocycles. The predicted molar refractivity (Wildman–Crippen MR) is 90.1 cm³/mol. The summed E-state index contributed by atoms with van der Waals surface area (Å²) < 4.78 is 6.70. The van der Waals surface area contributed by atoms with E-state index in [1.165, 1.54) is 0 Å². The number of rotatable bonds is 2. The van der Waals surface area contributed by atoms with Crippen LogP contribution in [0.4, 0.5) is 5.69 Å². The quantitative estimate of drug-likeness (QED) is 0.863. The normalized spacial score (nSPS) is 29.0. The largest absolute Gasteiger partial charge is 0.378 e. The number of nitrogens with zero attached hydrogens (tertiary/aromatic N) is 2. The fourth-order valence-electron chi connectivity index (χ4n) is 3.25. The highest BCUT2D eigenvalue weighted by Gasteiger charge is 2.46. The lowest BCUT2D eigenvalue weighted by Gasteiger charge is -2.44. The molecule has 2 N–H and O–H groups in total. The molecule has 6 heteroatoms. The highest BCUT2D eigenvalue weighted by Crippen LogP contribution is 2.40. The van der Waals surface area contributed by atoms with Gasteiger partial charge in [0.1, 0.15) is 0 Å². The second-order valence-corrected chi connectivity index (χ2v) is 6.95. The van der Waals surface area contributed by atoms with Crippen molar-refractivity contribution in [1.29, 1.82) is 0 Å². The first-order valence-corrected chi connectivity index (χ1v) is 8.39. The molecule has 1 spiro atoms. The fraction of sp³-hybridized carbons (Fsp3) is 0.533. The van der Waals surface area contributed by atoms with Crippen molar-refractivity contribution in [3.8, 4) is 0 Å². The molecule has 114 valence electrons. The van der Waals surface area contributed by atoms with E-state index in [4.69, 9.17) is 22.1 Å². The molecular formula is C15H19BrClN3O. The molecule has 0 amide bonds. The number of ether oxygens (including phenoxy) is 1. The summed E-state index contributed by atoms with van der Waals surface area (Å²) in [5, 5.41) is 0.695. The van der Waals surface area contributed by atoms with Gasteiger partial charge in [0.2, 0.25) is 0 Å². The molecule has 2 aliphatic rings. The summed E-state index contributed by atoms with van der Waals surface area (Å²) in [4.78, 5) is 6.67. The van der Waals surface area contributed by atoms with Crippen LogP contribution in [0.5, 0.6) is 0 Å². The van der Waals surface area contributed by atoms with E-state index >= 15 is 0 Å². The molecule has 21 heavy (non-hydrogen) atoms. The van der Waals surface area contributed by atoms with Crippen molar-refractivity contribution in [1.82, 2.24) is 0 Å². The smallest absolute Gasteiger partial charge is 0.196 e. The van der Waals surface area contributed by atoms with Crippen molar-refractivity contribution in [2.75, 3.05) is 18.1 Å². The van der Waals surface area contributed by atoms with E-state index in [0.29, 0.717) is 11.0 Å². The molecule has 4 nitrogen and oxygen atoms in total. The summed E-state index contributed by atoms with van der Waals surface area (Å²) in [6.45, 7) is 3.65. The molecule has 2 unspecified atom stereocenters. The van der Waals surface area contributed by atoms with Crippen molar-refractivity contribution in [3.05, 3.63) is 27.7 Å². The van der Waals surface area contributed by atoms with E-state index in [2.05, 4.69) is 32.7 Å². The van der Waals surface area contributed by atoms with E-state index in [1.807, 2.05) is 18.2 Å². The molecule has 1 aromatic rings. The van der Waals surface area contributed by atoms with E-state index < -0.39 is 0 Å². The third-order valence-corrected chi connectivity index (χ3v) is 5.60. The lowest BCUT2D eigenvalue weighted by Crippen LogP contribution is -2.56. The summed E-state index contributed by atoms with van der Waals surface area (Å²) in [6, 6.07) is 5.89. The van der Waals surface area contributed by atoms with Gasteiger partial charge < -0.3 is 15.4 Å². The molecule has 0 saturated carbocycles. The van der Waals surface area contributed by atoms with Crippen LogP contribution < -0.4 is 10.6 Å². The summed E-state index contributed by atoms with van der Waals surface area (Å²) in [7, 11) is 0. The van der Waals surface area contributed by atoms with Gasteiger partial charge in [0.15, 0.2) is 5.96 Å². The van der Waals surface area contributed by atoms with Gasteiger partial charge in [-0.2, -0.15) is 0 Å². The predicted octanol–water partition coefficient (Wildman–Crippen LogP) is 3.57. The Labute approximate surface area is 138 Å². The van der Waals surface area contributed by atoms with Crippen LogP contribution in [0.1, 0.15) is 26.2 Å². The Morgan fingerprint density at radius 1 is 1.57 bits per heavy atom. The number of aliphatic imine (C=N–C) groups is 1. The van der Waals surface area contributed by atoms with E-state index in [9.17, 15) is 0 Å². The average Bonchev–Trinajstić information content (AvgIpc) is 2.78. The highest BCUT2D eigenvalue weighted by molar-refractivity contribution is 9.10. The molecule has 2 atom stereocenters. The van der Waals surface area contributed by atoms with Crippen molar-refractivity contribution in [2.45, 2.75) is 37.8 Å². The van der Waals surface area contributed by atoms with E-state index in [1.54, 1.807) is 0 Å². The average molecular weight is 373 g/mol. The van der Waals surface area contributed by atoms with Crippen LogP contribution >= 0.6 is 27.5 Å². The van der Waals surface area contributed by atoms with E-state index in [0.717, 1.165) is 42.6 Å². The fourth-order valence-corrected chi connectivity index (χ4v) is 3.74. The summed E-state index contributed by atoms with van der Waals surface area (Å²) in [6.07, 6.45) is 3.18. The zero-order valence-electron chi connectivity index (χ0n) is 12.0. The van der Waals surface area contributed by atoms with Crippen molar-refractivity contribution in [2.24, 2.45) is 10.7 Å². The molecule has 1 aromatic carbocycles. The first kappa shape index (κ1) is 15.1. The van der Waals surface area contributed by atoms with Gasteiger partial charge in [-0.05, 0) is 53.4 Å². The molecule has 0 aliphatic carbocycles. The van der Waals surface area contributed by atoms with Crippen molar-refractivity contribution < 1.29 is 4.74 Å². The van der Waals surface area contributed by atoms with E-state index in [-0.39, 0.29) is 11.6 Å². The highest BCUT2D eigenvalue weighted by atomic mass is 79.9. The molecule has 2 heterocycles. The maximum absolute atomic E-state index is 6.18. The summed E-state index contributed by atoms with van der Waals surface area (Å²) in [5.41, 5.74) is 7.15. The van der Waals surface area contributed by atoms with Crippen LogP contribution in [0.15, 0.2) is 27.7 Å². The minimum atomic E-state index is -0.0592. The minimum absolute atomic E-state index is 0.0592. The Bertz CT molecular complexity index is 580. The van der Waals surface area contributed by atoms with Gasteiger partial charge in [-0.1, -0.05) is 18.5 Å². The first-order chi connectivity index (χ1) is 10.1. The molecule has 0 radical (unpaired) electrons. The van der Waals surface area contributed by atoms with Gasteiger partial charge in [0.25, 0.3) is 0 Å². The molecule has 1 fully saturated rings. The van der Waals surface area contributed by atoms with Crippen LogP contribution in [0.25, 0.3) is 0 Å². The Hall–Kier alpha value is -0.780. The van der Waals surface area contributed by atoms with Crippen LogP contribution in [0, 0.1) is 0 Å². The second-order valence-electron chi connectivity index (χ2n) is 5.69. The van der Waals surface area contributed by atoms with Crippen LogP contribution in [0.3, 0.4) is 0 Å². The van der Waals surface area contributed by atoms with Crippen molar-refractivity contribution in [3.63, 3.8) is 0 Å². The monoisotopic (exact) mass is 371 g/mol. The maximum atomic E-state index is 6.18. The van der Waals surface area contributed by atoms with Gasteiger partial charge in [-0.15, -0.1) is 0 Å². The second kappa shape index (κ2) is 5.78. The lowest BCUT2D eigenvalue weighted by molar-refractivity contribution is -0.0151. The number of guanidine groups is 1. The Morgan fingerprint density at radius 2 is 2.38 bits per heavy atom. The van der Waals surface area contributed by atoms with Gasteiger partial charge >= 0.3 is 0 Å². The Kier molecular flexibility index (Phi) is 4.17. The first-order valence-electron chi connectivity index (χ1n) is 7.22. The molecule has 3 rings (SSSR count). The lowest BCUT2D eigenvalue weighted by atomic mass is 9.84. The zero-order valence-corrected chi connectivity index (χ0v) is 14.3. The number of hydrogen-bond acceptors (Lipinski definition) is 4. The number of anilines is 1. The number of benzene rings is 1. The topological polar surface area (TPSA) is 50.9 Å². The molecule has 0 bridgehead atoms. The summed E-state index contributed by atoms with van der Waals surface area (Å²) >= 11 is 9.59. The van der Waals surface area contributed by atoms with Crippen molar-refractivity contribution >= 4 is 39.2 Å². The zero-order chi connectivity index (χ0) is 15.0. The minimum Gasteiger partial charge on any atom is -0.378 e. The van der Waals surface area contributed by atoms with Crippen LogP contribution in [0.2, 0.25) is 5.02 Å². The Balaban J connectivity index is 1.97. The van der Waals surface area contributed by atoms with Gasteiger partial charge in [0.05, 0.1) is 23.2 Å². The molecule has 2 aliphatic heterocycles. The Morgan fingerprint density at radius 3 is 3.10 bits per heavy atom. The van der Waals surface area contributed by atoms with Gasteiger partial charge in [0, 0.05) is 16.8 Å². The number of hydrogen-bond donors (Lipinski definition) is 1. The van der Waals surface area contributed by atoms with Gasteiger partial charge in [-0.3, -0.25) is 4.99 Å². The van der Waals surface area contributed by atoms with Gasteiger partial charge in [-0.25, -0.2) is 0 Å².